The normalized spacial score (nSPS) is 11.8. The molecule has 0 bridgehead atoms. The molecule has 0 heterocycles. The molecule has 0 radical (unpaired) electrons. The number of carbonyl (C=O) groups excluding carboxylic acids is 1. The highest BCUT2D eigenvalue weighted by atomic mass is 19.4. The molecule has 0 aliphatic heterocycles. The number of ether oxygens (including phenoxy) is 2. The lowest BCUT2D eigenvalue weighted by atomic mass is 10.0. The van der Waals surface area contributed by atoms with E-state index in [1.807, 2.05) is 42.5 Å². The summed E-state index contributed by atoms with van der Waals surface area (Å²) in [6.45, 7) is 4.52. The number of esters is 1. The number of hydrogen-bond acceptors (Lipinski definition) is 4. The molecule has 0 unspecified atom stereocenters. The first-order valence-electron chi connectivity index (χ1n) is 9.89. The topological polar surface area (TPSA) is 55.8 Å². The van der Waals surface area contributed by atoms with Crippen LogP contribution in [0.4, 0.5) is 13.2 Å². The van der Waals surface area contributed by atoms with Gasteiger partial charge in [0.2, 0.25) is 0 Å². The molecule has 0 amide bonds. The molecule has 32 heavy (non-hydrogen) atoms. The predicted octanol–water partition coefficient (Wildman–Crippen LogP) is 6.61. The second-order valence-electron chi connectivity index (χ2n) is 8.17. The SMILES string of the molecule is CC(C)(C)OC(=O)c1c(COc2ccc(-c3ccccc3)cc2)ccc(C(F)(F)F)c1O. The number of hydrogen-bond donors (Lipinski definition) is 1. The van der Waals surface area contributed by atoms with Crippen LogP contribution < -0.4 is 4.74 Å². The van der Waals surface area contributed by atoms with E-state index in [0.717, 1.165) is 23.3 Å². The quantitative estimate of drug-likeness (QED) is 0.450. The molecule has 3 aromatic rings. The molecule has 0 saturated carbocycles. The molecule has 7 heteroatoms. The Morgan fingerprint density at radius 1 is 0.875 bits per heavy atom. The van der Waals surface area contributed by atoms with Crippen molar-refractivity contribution in [3.63, 3.8) is 0 Å². The highest BCUT2D eigenvalue weighted by Gasteiger charge is 2.37. The van der Waals surface area contributed by atoms with Crippen molar-refractivity contribution in [2.24, 2.45) is 0 Å². The molecule has 3 aromatic carbocycles. The number of halogens is 3. The van der Waals surface area contributed by atoms with Gasteiger partial charge in [0.1, 0.15) is 29.3 Å². The Labute approximate surface area is 184 Å². The van der Waals surface area contributed by atoms with Crippen LogP contribution in [0, 0.1) is 0 Å². The van der Waals surface area contributed by atoms with Crippen molar-refractivity contribution in [3.05, 3.63) is 83.4 Å². The summed E-state index contributed by atoms with van der Waals surface area (Å²) in [4.78, 5) is 12.6. The van der Waals surface area contributed by atoms with Crippen LogP contribution in [0.25, 0.3) is 11.1 Å². The molecule has 1 N–H and O–H groups in total. The van der Waals surface area contributed by atoms with Gasteiger partial charge in [-0.05, 0) is 50.1 Å². The van der Waals surface area contributed by atoms with Crippen LogP contribution in [0.2, 0.25) is 0 Å². The van der Waals surface area contributed by atoms with Crippen LogP contribution >= 0.6 is 0 Å². The summed E-state index contributed by atoms with van der Waals surface area (Å²) < 4.78 is 50.6. The lowest BCUT2D eigenvalue weighted by Gasteiger charge is -2.22. The second-order valence-corrected chi connectivity index (χ2v) is 8.17. The summed E-state index contributed by atoms with van der Waals surface area (Å²) >= 11 is 0. The minimum atomic E-state index is -4.83. The van der Waals surface area contributed by atoms with Crippen molar-refractivity contribution in [1.82, 2.24) is 0 Å². The number of aromatic hydroxyl groups is 1. The Morgan fingerprint density at radius 2 is 1.47 bits per heavy atom. The van der Waals surface area contributed by atoms with Gasteiger partial charge in [-0.2, -0.15) is 13.2 Å². The van der Waals surface area contributed by atoms with Crippen molar-refractivity contribution in [2.45, 2.75) is 39.2 Å². The minimum Gasteiger partial charge on any atom is -0.506 e. The monoisotopic (exact) mass is 444 g/mol. The zero-order valence-electron chi connectivity index (χ0n) is 17.9. The molecule has 168 valence electrons. The average molecular weight is 444 g/mol. The molecular weight excluding hydrogens is 421 g/mol. The van der Waals surface area contributed by atoms with E-state index in [4.69, 9.17) is 9.47 Å². The van der Waals surface area contributed by atoms with E-state index in [1.54, 1.807) is 32.9 Å². The summed E-state index contributed by atoms with van der Waals surface area (Å²) in [5.74, 6) is -1.77. The largest absolute Gasteiger partial charge is 0.506 e. The molecule has 0 atom stereocenters. The third kappa shape index (κ3) is 5.60. The van der Waals surface area contributed by atoms with E-state index < -0.39 is 34.6 Å². The Kier molecular flexibility index (Phi) is 6.48. The standard InChI is InChI=1S/C25H23F3O4/c1-24(2,3)32-23(30)21-18(11-14-20(22(21)29)25(26,27)28)15-31-19-12-9-17(10-13-19)16-7-5-4-6-8-16/h4-14,29H,15H2,1-3H3. The first-order chi connectivity index (χ1) is 15.0. The van der Waals surface area contributed by atoms with Gasteiger partial charge in [-0.3, -0.25) is 0 Å². The number of rotatable bonds is 5. The summed E-state index contributed by atoms with van der Waals surface area (Å²) in [5, 5.41) is 10.3. The van der Waals surface area contributed by atoms with Crippen LogP contribution in [0.3, 0.4) is 0 Å². The Balaban J connectivity index is 1.87. The summed E-state index contributed by atoms with van der Waals surface area (Å²) in [7, 11) is 0. The zero-order valence-corrected chi connectivity index (χ0v) is 17.9. The molecule has 0 aliphatic carbocycles. The highest BCUT2D eigenvalue weighted by molar-refractivity contribution is 5.95. The third-order valence-corrected chi connectivity index (χ3v) is 4.53. The summed E-state index contributed by atoms with van der Waals surface area (Å²) in [6, 6.07) is 18.7. The minimum absolute atomic E-state index is 0.0804. The van der Waals surface area contributed by atoms with Gasteiger partial charge in [-0.25, -0.2) is 4.79 Å². The van der Waals surface area contributed by atoms with E-state index in [0.29, 0.717) is 5.75 Å². The van der Waals surface area contributed by atoms with Gasteiger partial charge in [0.05, 0.1) is 5.56 Å². The predicted molar refractivity (Wildman–Crippen MR) is 114 cm³/mol. The summed E-state index contributed by atoms with van der Waals surface area (Å²) in [6.07, 6.45) is -4.83. The van der Waals surface area contributed by atoms with Crippen LogP contribution in [-0.2, 0) is 17.5 Å². The second kappa shape index (κ2) is 8.94. The summed E-state index contributed by atoms with van der Waals surface area (Å²) in [5.41, 5.74) is -0.747. The number of phenols is 1. The lowest BCUT2D eigenvalue weighted by Crippen LogP contribution is -2.25. The van der Waals surface area contributed by atoms with E-state index >= 15 is 0 Å². The Morgan fingerprint density at radius 3 is 2.03 bits per heavy atom. The van der Waals surface area contributed by atoms with Gasteiger partial charge in [0.15, 0.2) is 0 Å². The number of benzene rings is 3. The van der Waals surface area contributed by atoms with Crippen LogP contribution in [0.5, 0.6) is 11.5 Å². The maximum atomic E-state index is 13.2. The van der Waals surface area contributed by atoms with E-state index in [-0.39, 0.29) is 12.2 Å². The molecule has 0 aliphatic rings. The Hall–Kier alpha value is -3.48. The van der Waals surface area contributed by atoms with Gasteiger partial charge in [-0.15, -0.1) is 0 Å². The fourth-order valence-electron chi connectivity index (χ4n) is 3.07. The third-order valence-electron chi connectivity index (χ3n) is 4.53. The maximum absolute atomic E-state index is 13.2. The fourth-order valence-corrected chi connectivity index (χ4v) is 3.07. The maximum Gasteiger partial charge on any atom is 0.419 e. The van der Waals surface area contributed by atoms with E-state index in [2.05, 4.69) is 0 Å². The van der Waals surface area contributed by atoms with E-state index in [1.165, 1.54) is 0 Å². The first-order valence-corrected chi connectivity index (χ1v) is 9.89. The van der Waals surface area contributed by atoms with Gasteiger partial charge < -0.3 is 14.6 Å². The lowest BCUT2D eigenvalue weighted by molar-refractivity contribution is -0.138. The molecule has 0 aromatic heterocycles. The average Bonchev–Trinajstić information content (AvgIpc) is 2.71. The van der Waals surface area contributed by atoms with Crippen molar-refractivity contribution in [1.29, 1.82) is 0 Å². The van der Waals surface area contributed by atoms with Crippen molar-refractivity contribution < 1.29 is 32.5 Å². The van der Waals surface area contributed by atoms with Gasteiger partial charge in [0, 0.05) is 5.56 Å². The van der Waals surface area contributed by atoms with Crippen molar-refractivity contribution in [2.75, 3.05) is 0 Å². The molecule has 0 fully saturated rings. The molecule has 4 nitrogen and oxygen atoms in total. The Bertz CT molecular complexity index is 1080. The smallest absolute Gasteiger partial charge is 0.419 e. The number of phenolic OH excluding ortho intramolecular Hbond substituents is 1. The van der Waals surface area contributed by atoms with Gasteiger partial charge >= 0.3 is 12.1 Å². The van der Waals surface area contributed by atoms with Crippen LogP contribution in [0.1, 0.15) is 42.3 Å². The van der Waals surface area contributed by atoms with Crippen LogP contribution in [0.15, 0.2) is 66.7 Å². The molecule has 0 spiro atoms. The van der Waals surface area contributed by atoms with E-state index in [9.17, 15) is 23.1 Å². The molecule has 0 saturated heterocycles. The number of carbonyl (C=O) groups is 1. The van der Waals surface area contributed by atoms with Gasteiger partial charge in [0.25, 0.3) is 0 Å². The van der Waals surface area contributed by atoms with Crippen molar-refractivity contribution >= 4 is 5.97 Å². The molecule has 3 rings (SSSR count). The van der Waals surface area contributed by atoms with Crippen LogP contribution in [-0.4, -0.2) is 16.7 Å². The fraction of sp³-hybridized carbons (Fsp3) is 0.240. The van der Waals surface area contributed by atoms with Crippen molar-refractivity contribution in [3.8, 4) is 22.6 Å². The zero-order chi connectivity index (χ0) is 23.5. The highest BCUT2D eigenvalue weighted by Crippen LogP contribution is 2.39. The number of alkyl halides is 3. The first kappa shape index (κ1) is 23.2. The molecular formula is C25H23F3O4. The van der Waals surface area contributed by atoms with Gasteiger partial charge in [-0.1, -0.05) is 48.5 Å².